The van der Waals surface area contributed by atoms with Crippen LogP contribution in [0.25, 0.3) is 0 Å². The van der Waals surface area contributed by atoms with Crippen LogP contribution in [-0.2, 0) is 0 Å². The first kappa shape index (κ1) is 14.2. The number of piperidine rings is 1. The van der Waals surface area contributed by atoms with Gasteiger partial charge in [-0.25, -0.2) is 4.79 Å². The van der Waals surface area contributed by atoms with Crippen LogP contribution in [0.1, 0.15) is 36.5 Å². The SMILES string of the molecule is CC1CN2CCCCC2CN1c1ccc(C(=O)O)cc1N. The standard InChI is InChI=1S/C16H23N3O2/c1-11-9-18-7-3-2-4-13(18)10-19(11)15-6-5-12(16(20)21)8-14(15)17/h5-6,8,11,13H,2-4,7,9-10,17H2,1H3,(H,20,21). The number of hydrogen-bond acceptors (Lipinski definition) is 4. The molecule has 2 unspecified atom stereocenters. The molecule has 3 N–H and O–H groups in total. The maximum absolute atomic E-state index is 11.0. The number of carboxylic acids is 1. The molecule has 3 rings (SSSR count). The summed E-state index contributed by atoms with van der Waals surface area (Å²) in [7, 11) is 0. The number of carbonyl (C=O) groups is 1. The van der Waals surface area contributed by atoms with Crippen molar-refractivity contribution in [1.82, 2.24) is 4.90 Å². The van der Waals surface area contributed by atoms with E-state index in [2.05, 4.69) is 16.7 Å². The van der Waals surface area contributed by atoms with Gasteiger partial charge < -0.3 is 15.7 Å². The van der Waals surface area contributed by atoms with Crippen molar-refractivity contribution in [3.8, 4) is 0 Å². The molecule has 2 aliphatic rings. The first-order chi connectivity index (χ1) is 10.1. The predicted octanol–water partition coefficient (Wildman–Crippen LogP) is 2.03. The molecule has 2 saturated heterocycles. The number of benzene rings is 1. The van der Waals surface area contributed by atoms with Gasteiger partial charge in [-0.05, 0) is 44.5 Å². The third-order valence-electron chi connectivity index (χ3n) is 4.77. The molecule has 0 amide bonds. The van der Waals surface area contributed by atoms with Crippen molar-refractivity contribution < 1.29 is 9.90 Å². The topological polar surface area (TPSA) is 69.8 Å². The average Bonchev–Trinajstić information content (AvgIpc) is 2.46. The number of nitrogen functional groups attached to an aromatic ring is 1. The summed E-state index contributed by atoms with van der Waals surface area (Å²) in [6.45, 7) is 5.47. The van der Waals surface area contributed by atoms with Crippen LogP contribution in [-0.4, -0.2) is 47.7 Å². The van der Waals surface area contributed by atoms with E-state index < -0.39 is 5.97 Å². The van der Waals surface area contributed by atoms with Gasteiger partial charge in [-0.2, -0.15) is 0 Å². The van der Waals surface area contributed by atoms with E-state index in [9.17, 15) is 4.79 Å². The zero-order valence-electron chi connectivity index (χ0n) is 12.5. The van der Waals surface area contributed by atoms with E-state index in [1.807, 2.05) is 6.07 Å². The second-order valence-corrected chi connectivity index (χ2v) is 6.22. The van der Waals surface area contributed by atoms with Crippen LogP contribution in [0, 0.1) is 0 Å². The van der Waals surface area contributed by atoms with Gasteiger partial charge in [-0.3, -0.25) is 4.90 Å². The number of nitrogens with two attached hydrogens (primary N) is 1. The lowest BCUT2D eigenvalue weighted by molar-refractivity contribution is 0.0697. The maximum atomic E-state index is 11.0. The molecule has 114 valence electrons. The lowest BCUT2D eigenvalue weighted by Gasteiger charge is -2.48. The first-order valence-electron chi connectivity index (χ1n) is 7.70. The molecule has 21 heavy (non-hydrogen) atoms. The van der Waals surface area contributed by atoms with Gasteiger partial charge in [0.15, 0.2) is 0 Å². The second-order valence-electron chi connectivity index (χ2n) is 6.22. The van der Waals surface area contributed by atoms with Crippen molar-refractivity contribution >= 4 is 17.3 Å². The highest BCUT2D eigenvalue weighted by Crippen LogP contribution is 2.32. The Bertz CT molecular complexity index is 546. The lowest BCUT2D eigenvalue weighted by Crippen LogP contribution is -2.59. The van der Waals surface area contributed by atoms with Crippen molar-refractivity contribution in [2.75, 3.05) is 30.3 Å². The zero-order valence-corrected chi connectivity index (χ0v) is 12.5. The highest BCUT2D eigenvalue weighted by Gasteiger charge is 2.33. The van der Waals surface area contributed by atoms with Gasteiger partial charge in [0.25, 0.3) is 0 Å². The molecule has 0 bridgehead atoms. The third kappa shape index (κ3) is 2.70. The van der Waals surface area contributed by atoms with Crippen molar-refractivity contribution in [2.45, 2.75) is 38.3 Å². The largest absolute Gasteiger partial charge is 0.478 e. The molecule has 0 radical (unpaired) electrons. The van der Waals surface area contributed by atoms with Crippen LogP contribution in [0.2, 0.25) is 0 Å². The fourth-order valence-corrected chi connectivity index (χ4v) is 3.64. The van der Waals surface area contributed by atoms with E-state index in [1.165, 1.54) is 25.8 Å². The van der Waals surface area contributed by atoms with Crippen LogP contribution in [0.15, 0.2) is 18.2 Å². The first-order valence-corrected chi connectivity index (χ1v) is 7.70. The van der Waals surface area contributed by atoms with Crippen LogP contribution in [0.5, 0.6) is 0 Å². The quantitative estimate of drug-likeness (QED) is 0.815. The van der Waals surface area contributed by atoms with Gasteiger partial charge in [-0.15, -0.1) is 0 Å². The molecule has 1 aromatic rings. The highest BCUT2D eigenvalue weighted by molar-refractivity contribution is 5.90. The van der Waals surface area contributed by atoms with E-state index in [4.69, 9.17) is 10.8 Å². The summed E-state index contributed by atoms with van der Waals surface area (Å²) < 4.78 is 0. The molecule has 2 atom stereocenters. The summed E-state index contributed by atoms with van der Waals surface area (Å²) in [6, 6.07) is 6.07. The number of aromatic carboxylic acids is 1. The summed E-state index contributed by atoms with van der Waals surface area (Å²) in [4.78, 5) is 15.9. The fourth-order valence-electron chi connectivity index (χ4n) is 3.64. The summed E-state index contributed by atoms with van der Waals surface area (Å²) in [5.41, 5.74) is 7.88. The van der Waals surface area contributed by atoms with E-state index in [1.54, 1.807) is 12.1 Å². The van der Waals surface area contributed by atoms with Crippen molar-refractivity contribution in [2.24, 2.45) is 0 Å². The maximum Gasteiger partial charge on any atom is 0.335 e. The molecule has 2 aliphatic heterocycles. The number of hydrogen-bond donors (Lipinski definition) is 2. The van der Waals surface area contributed by atoms with Crippen LogP contribution in [0.4, 0.5) is 11.4 Å². The smallest absolute Gasteiger partial charge is 0.335 e. The van der Waals surface area contributed by atoms with E-state index in [0.29, 0.717) is 17.8 Å². The van der Waals surface area contributed by atoms with Gasteiger partial charge in [0.2, 0.25) is 0 Å². The van der Waals surface area contributed by atoms with Gasteiger partial charge in [-0.1, -0.05) is 6.42 Å². The van der Waals surface area contributed by atoms with Crippen molar-refractivity contribution in [1.29, 1.82) is 0 Å². The molecule has 2 fully saturated rings. The van der Waals surface area contributed by atoms with Gasteiger partial charge in [0.1, 0.15) is 0 Å². The summed E-state index contributed by atoms with van der Waals surface area (Å²) >= 11 is 0. The number of carboxylic acid groups (broad SMARTS) is 1. The molecule has 5 heteroatoms. The summed E-state index contributed by atoms with van der Waals surface area (Å²) in [5.74, 6) is -0.932. The minimum atomic E-state index is -0.932. The van der Waals surface area contributed by atoms with Crippen molar-refractivity contribution in [3.05, 3.63) is 23.8 Å². The lowest BCUT2D eigenvalue weighted by atomic mass is 9.96. The number of anilines is 2. The highest BCUT2D eigenvalue weighted by atomic mass is 16.4. The molecular weight excluding hydrogens is 266 g/mol. The Morgan fingerprint density at radius 2 is 2.14 bits per heavy atom. The molecule has 0 spiro atoms. The molecule has 0 saturated carbocycles. The second kappa shape index (κ2) is 5.56. The Morgan fingerprint density at radius 3 is 2.86 bits per heavy atom. The monoisotopic (exact) mass is 289 g/mol. The summed E-state index contributed by atoms with van der Waals surface area (Å²) in [5, 5.41) is 9.04. The Kier molecular flexibility index (Phi) is 3.76. The molecule has 0 aliphatic carbocycles. The van der Waals surface area contributed by atoms with E-state index >= 15 is 0 Å². The zero-order chi connectivity index (χ0) is 15.0. The molecule has 2 heterocycles. The molecule has 5 nitrogen and oxygen atoms in total. The molecular formula is C16H23N3O2. The van der Waals surface area contributed by atoms with E-state index in [-0.39, 0.29) is 5.56 Å². The van der Waals surface area contributed by atoms with Crippen LogP contribution < -0.4 is 10.6 Å². The van der Waals surface area contributed by atoms with E-state index in [0.717, 1.165) is 18.8 Å². The normalized spacial score (nSPS) is 26.4. The number of piperazine rings is 1. The number of rotatable bonds is 2. The number of nitrogens with zero attached hydrogens (tertiary/aromatic N) is 2. The minimum Gasteiger partial charge on any atom is -0.478 e. The fraction of sp³-hybridized carbons (Fsp3) is 0.562. The van der Waals surface area contributed by atoms with Gasteiger partial charge >= 0.3 is 5.97 Å². The minimum absolute atomic E-state index is 0.250. The number of fused-ring (bicyclic) bond motifs is 1. The predicted molar refractivity (Wildman–Crippen MR) is 83.8 cm³/mol. The van der Waals surface area contributed by atoms with Crippen LogP contribution in [0.3, 0.4) is 0 Å². The average molecular weight is 289 g/mol. The Morgan fingerprint density at radius 1 is 1.33 bits per heavy atom. The Balaban J connectivity index is 1.84. The van der Waals surface area contributed by atoms with Crippen LogP contribution >= 0.6 is 0 Å². The molecule has 0 aromatic heterocycles. The third-order valence-corrected chi connectivity index (χ3v) is 4.77. The summed E-state index contributed by atoms with van der Waals surface area (Å²) in [6.07, 6.45) is 3.85. The Labute approximate surface area is 125 Å². The van der Waals surface area contributed by atoms with Crippen molar-refractivity contribution in [3.63, 3.8) is 0 Å². The van der Waals surface area contributed by atoms with Gasteiger partial charge in [0, 0.05) is 25.2 Å². The molecule has 1 aromatic carbocycles. The van der Waals surface area contributed by atoms with Gasteiger partial charge in [0.05, 0.1) is 16.9 Å². The Hall–Kier alpha value is -1.75.